The molecule has 2 fully saturated rings. The quantitative estimate of drug-likeness (QED) is 0.648. The molecule has 3 heteroatoms. The van der Waals surface area contributed by atoms with Crippen molar-refractivity contribution in [2.24, 2.45) is 5.41 Å². The SMILES string of the molecule is OCC1(CNC2CCCNC2)CCCC1. The van der Waals surface area contributed by atoms with Gasteiger partial charge in [0, 0.05) is 31.2 Å². The van der Waals surface area contributed by atoms with E-state index in [9.17, 15) is 5.11 Å². The lowest BCUT2D eigenvalue weighted by molar-refractivity contribution is 0.123. The molecule has 1 heterocycles. The average molecular weight is 212 g/mol. The Morgan fingerprint density at radius 1 is 1.27 bits per heavy atom. The van der Waals surface area contributed by atoms with Crippen molar-refractivity contribution in [3.8, 4) is 0 Å². The summed E-state index contributed by atoms with van der Waals surface area (Å²) in [6.07, 6.45) is 7.57. The van der Waals surface area contributed by atoms with E-state index in [4.69, 9.17) is 0 Å². The first-order valence-corrected chi connectivity index (χ1v) is 6.40. The first-order valence-electron chi connectivity index (χ1n) is 6.40. The van der Waals surface area contributed by atoms with Crippen molar-refractivity contribution in [3.63, 3.8) is 0 Å². The highest BCUT2D eigenvalue weighted by atomic mass is 16.3. The molecule has 1 saturated heterocycles. The van der Waals surface area contributed by atoms with Gasteiger partial charge in [-0.25, -0.2) is 0 Å². The minimum absolute atomic E-state index is 0.206. The number of nitrogens with one attached hydrogen (secondary N) is 2. The fraction of sp³-hybridized carbons (Fsp3) is 1.00. The second-order valence-corrected chi connectivity index (χ2v) is 5.29. The first-order chi connectivity index (χ1) is 7.35. The second-order valence-electron chi connectivity index (χ2n) is 5.29. The zero-order valence-electron chi connectivity index (χ0n) is 9.60. The molecule has 0 bridgehead atoms. The Morgan fingerprint density at radius 3 is 2.67 bits per heavy atom. The molecule has 0 aromatic heterocycles. The van der Waals surface area contributed by atoms with Crippen LogP contribution in [0.25, 0.3) is 0 Å². The van der Waals surface area contributed by atoms with Gasteiger partial charge in [0.1, 0.15) is 0 Å². The Bertz CT molecular complexity index is 184. The van der Waals surface area contributed by atoms with Crippen LogP contribution in [0.1, 0.15) is 38.5 Å². The van der Waals surface area contributed by atoms with Gasteiger partial charge in [0.05, 0.1) is 0 Å². The Balaban J connectivity index is 1.75. The van der Waals surface area contributed by atoms with E-state index in [1.165, 1.54) is 45.1 Å². The predicted octanol–water partition coefficient (Wildman–Crippen LogP) is 0.881. The summed E-state index contributed by atoms with van der Waals surface area (Å²) in [6, 6.07) is 0.628. The van der Waals surface area contributed by atoms with Crippen LogP contribution in [0.5, 0.6) is 0 Å². The summed E-state index contributed by atoms with van der Waals surface area (Å²) in [5.74, 6) is 0. The molecule has 1 atom stereocenters. The summed E-state index contributed by atoms with van der Waals surface area (Å²) in [5, 5.41) is 16.5. The van der Waals surface area contributed by atoms with E-state index < -0.39 is 0 Å². The molecule has 3 N–H and O–H groups in total. The van der Waals surface area contributed by atoms with Crippen molar-refractivity contribution in [2.75, 3.05) is 26.2 Å². The van der Waals surface area contributed by atoms with Crippen molar-refractivity contribution in [1.82, 2.24) is 10.6 Å². The van der Waals surface area contributed by atoms with Gasteiger partial charge in [-0.15, -0.1) is 0 Å². The highest BCUT2D eigenvalue weighted by molar-refractivity contribution is 4.88. The lowest BCUT2D eigenvalue weighted by Gasteiger charge is -2.31. The molecule has 1 aliphatic carbocycles. The van der Waals surface area contributed by atoms with Crippen LogP contribution in [0.2, 0.25) is 0 Å². The van der Waals surface area contributed by atoms with Crippen molar-refractivity contribution in [3.05, 3.63) is 0 Å². The highest BCUT2D eigenvalue weighted by Crippen LogP contribution is 2.37. The lowest BCUT2D eigenvalue weighted by atomic mass is 9.87. The number of piperidine rings is 1. The Labute approximate surface area is 92.6 Å². The van der Waals surface area contributed by atoms with Crippen molar-refractivity contribution in [1.29, 1.82) is 0 Å². The van der Waals surface area contributed by atoms with Crippen LogP contribution in [0.15, 0.2) is 0 Å². The van der Waals surface area contributed by atoms with Gasteiger partial charge < -0.3 is 15.7 Å². The molecule has 3 nitrogen and oxygen atoms in total. The van der Waals surface area contributed by atoms with Gasteiger partial charge in [-0.05, 0) is 32.2 Å². The van der Waals surface area contributed by atoms with Crippen LogP contribution in [-0.2, 0) is 0 Å². The normalized spacial score (nSPS) is 30.6. The van der Waals surface area contributed by atoms with Gasteiger partial charge in [-0.2, -0.15) is 0 Å². The maximum atomic E-state index is 9.49. The van der Waals surface area contributed by atoms with Crippen molar-refractivity contribution in [2.45, 2.75) is 44.6 Å². The molecule has 1 unspecified atom stereocenters. The molecule has 2 rings (SSSR count). The maximum absolute atomic E-state index is 9.49. The topological polar surface area (TPSA) is 44.3 Å². The standard InChI is InChI=1S/C12H24N2O/c15-10-12(5-1-2-6-12)9-14-11-4-3-7-13-8-11/h11,13-15H,1-10H2. The molecule has 0 aromatic rings. The van der Waals surface area contributed by atoms with Crippen molar-refractivity contribution < 1.29 is 5.11 Å². The van der Waals surface area contributed by atoms with E-state index in [1.54, 1.807) is 0 Å². The summed E-state index contributed by atoms with van der Waals surface area (Å²) in [7, 11) is 0. The minimum atomic E-state index is 0.206. The molecule has 1 aliphatic heterocycles. The monoisotopic (exact) mass is 212 g/mol. The lowest BCUT2D eigenvalue weighted by Crippen LogP contribution is -2.47. The predicted molar refractivity (Wildman–Crippen MR) is 61.9 cm³/mol. The Hall–Kier alpha value is -0.120. The zero-order chi connectivity index (χ0) is 10.6. The third-order valence-electron chi connectivity index (χ3n) is 4.06. The summed E-state index contributed by atoms with van der Waals surface area (Å²) < 4.78 is 0. The number of aliphatic hydroxyl groups is 1. The summed E-state index contributed by atoms with van der Waals surface area (Å²) in [4.78, 5) is 0. The van der Waals surface area contributed by atoms with Crippen LogP contribution in [0.3, 0.4) is 0 Å². The molecule has 88 valence electrons. The van der Waals surface area contributed by atoms with E-state index in [-0.39, 0.29) is 5.41 Å². The van der Waals surface area contributed by atoms with E-state index in [1.807, 2.05) is 0 Å². The van der Waals surface area contributed by atoms with Gasteiger partial charge in [0.15, 0.2) is 0 Å². The summed E-state index contributed by atoms with van der Waals surface area (Å²) in [6.45, 7) is 3.64. The molecular formula is C12H24N2O. The van der Waals surface area contributed by atoms with Gasteiger partial charge in [-0.1, -0.05) is 12.8 Å². The van der Waals surface area contributed by atoms with E-state index >= 15 is 0 Å². The zero-order valence-corrected chi connectivity index (χ0v) is 9.60. The smallest absolute Gasteiger partial charge is 0.0499 e. The Kier molecular flexibility index (Phi) is 4.00. The minimum Gasteiger partial charge on any atom is -0.396 e. The van der Waals surface area contributed by atoms with Crippen molar-refractivity contribution >= 4 is 0 Å². The molecule has 0 radical (unpaired) electrons. The van der Waals surface area contributed by atoms with Crippen LogP contribution < -0.4 is 10.6 Å². The van der Waals surface area contributed by atoms with Gasteiger partial charge in [-0.3, -0.25) is 0 Å². The Morgan fingerprint density at radius 2 is 2.07 bits per heavy atom. The fourth-order valence-corrected chi connectivity index (χ4v) is 2.90. The van der Waals surface area contributed by atoms with Gasteiger partial charge in [0.2, 0.25) is 0 Å². The number of aliphatic hydroxyl groups excluding tert-OH is 1. The molecule has 2 aliphatic rings. The third-order valence-corrected chi connectivity index (χ3v) is 4.06. The third kappa shape index (κ3) is 2.92. The summed E-state index contributed by atoms with van der Waals surface area (Å²) in [5.41, 5.74) is 0.206. The summed E-state index contributed by atoms with van der Waals surface area (Å²) >= 11 is 0. The van der Waals surface area contributed by atoms with Crippen LogP contribution in [-0.4, -0.2) is 37.4 Å². The maximum Gasteiger partial charge on any atom is 0.0499 e. The largest absolute Gasteiger partial charge is 0.396 e. The number of rotatable bonds is 4. The second kappa shape index (κ2) is 5.28. The molecule has 15 heavy (non-hydrogen) atoms. The van der Waals surface area contributed by atoms with Gasteiger partial charge in [0.25, 0.3) is 0 Å². The molecule has 0 amide bonds. The van der Waals surface area contributed by atoms with E-state index in [0.29, 0.717) is 12.6 Å². The number of hydrogen-bond acceptors (Lipinski definition) is 3. The van der Waals surface area contributed by atoms with Gasteiger partial charge >= 0.3 is 0 Å². The van der Waals surface area contributed by atoms with Crippen LogP contribution >= 0.6 is 0 Å². The fourth-order valence-electron chi connectivity index (χ4n) is 2.90. The van der Waals surface area contributed by atoms with E-state index in [0.717, 1.165) is 13.1 Å². The molecule has 1 saturated carbocycles. The number of hydrogen-bond donors (Lipinski definition) is 3. The molecule has 0 aromatic carbocycles. The molecular weight excluding hydrogens is 188 g/mol. The van der Waals surface area contributed by atoms with Crippen LogP contribution in [0.4, 0.5) is 0 Å². The van der Waals surface area contributed by atoms with Crippen LogP contribution in [0, 0.1) is 5.41 Å². The van der Waals surface area contributed by atoms with E-state index in [2.05, 4.69) is 10.6 Å². The molecule has 0 spiro atoms. The first kappa shape index (κ1) is 11.4. The highest BCUT2D eigenvalue weighted by Gasteiger charge is 2.33. The average Bonchev–Trinajstić information content (AvgIpc) is 2.77.